The van der Waals surface area contributed by atoms with Gasteiger partial charge in [-0.15, -0.1) is 0 Å². The van der Waals surface area contributed by atoms with Crippen molar-refractivity contribution in [1.29, 1.82) is 0 Å². The van der Waals surface area contributed by atoms with E-state index < -0.39 is 0 Å². The van der Waals surface area contributed by atoms with Crippen LogP contribution in [0.25, 0.3) is 0 Å². The molecule has 0 saturated carbocycles. The molecule has 0 aliphatic carbocycles. The number of hydrogen-bond donors (Lipinski definition) is 2. The van der Waals surface area contributed by atoms with Crippen LogP contribution in [0.4, 0.5) is 17.2 Å². The Balaban J connectivity index is 1.85. The van der Waals surface area contributed by atoms with Gasteiger partial charge in [-0.05, 0) is 38.1 Å². The Hall–Kier alpha value is -3.61. The zero-order valence-corrected chi connectivity index (χ0v) is 16.2. The number of ether oxygens (including phenoxy) is 2. The molecule has 3 rings (SSSR count). The molecule has 1 amide bonds. The van der Waals surface area contributed by atoms with Gasteiger partial charge in [0, 0.05) is 17.8 Å². The van der Waals surface area contributed by atoms with Crippen LogP contribution in [0.5, 0.6) is 11.5 Å². The van der Waals surface area contributed by atoms with Gasteiger partial charge in [-0.25, -0.2) is 9.97 Å². The van der Waals surface area contributed by atoms with Crippen molar-refractivity contribution >= 4 is 23.1 Å². The number of nitrogens with zero attached hydrogens (tertiary/aromatic N) is 2. The van der Waals surface area contributed by atoms with Crippen molar-refractivity contribution in [1.82, 2.24) is 9.97 Å². The molecule has 0 bridgehead atoms. The van der Waals surface area contributed by atoms with Gasteiger partial charge in [0.05, 0.1) is 19.9 Å². The number of anilines is 3. The number of carbonyl (C=O) groups is 1. The molecule has 0 fully saturated rings. The number of benzene rings is 2. The highest BCUT2D eigenvalue weighted by molar-refractivity contribution is 6.03. The molecule has 3 aromatic rings. The smallest absolute Gasteiger partial charge is 0.274 e. The van der Waals surface area contributed by atoms with Crippen molar-refractivity contribution in [3.63, 3.8) is 0 Å². The van der Waals surface area contributed by atoms with Crippen LogP contribution in [0.2, 0.25) is 0 Å². The Morgan fingerprint density at radius 1 is 0.929 bits per heavy atom. The minimum Gasteiger partial charge on any atom is -0.497 e. The Morgan fingerprint density at radius 2 is 1.68 bits per heavy atom. The molecule has 0 saturated heterocycles. The lowest BCUT2D eigenvalue weighted by Crippen LogP contribution is -2.15. The maximum atomic E-state index is 12.6. The zero-order chi connectivity index (χ0) is 20.1. The van der Waals surface area contributed by atoms with Gasteiger partial charge in [-0.1, -0.05) is 17.7 Å². The number of rotatable bonds is 6. The van der Waals surface area contributed by atoms with Gasteiger partial charge in [0.2, 0.25) is 0 Å². The van der Waals surface area contributed by atoms with Gasteiger partial charge < -0.3 is 20.1 Å². The lowest BCUT2D eigenvalue weighted by Gasteiger charge is -2.13. The summed E-state index contributed by atoms with van der Waals surface area (Å²) in [5.41, 5.74) is 2.76. The van der Waals surface area contributed by atoms with Crippen LogP contribution in [0.1, 0.15) is 21.9 Å². The fraction of sp³-hybridized carbons (Fsp3) is 0.190. The van der Waals surface area contributed by atoms with E-state index in [0.717, 1.165) is 5.56 Å². The third-order valence-corrected chi connectivity index (χ3v) is 4.05. The summed E-state index contributed by atoms with van der Waals surface area (Å²) in [6.07, 6.45) is 0. The van der Waals surface area contributed by atoms with Gasteiger partial charge in [0.25, 0.3) is 5.91 Å². The normalized spacial score (nSPS) is 10.3. The van der Waals surface area contributed by atoms with Crippen LogP contribution in [-0.4, -0.2) is 30.1 Å². The quantitative estimate of drug-likeness (QED) is 0.671. The van der Waals surface area contributed by atoms with Crippen LogP contribution >= 0.6 is 0 Å². The highest BCUT2D eigenvalue weighted by Gasteiger charge is 2.13. The summed E-state index contributed by atoms with van der Waals surface area (Å²) in [5.74, 6) is 1.94. The molecular weight excluding hydrogens is 356 g/mol. The predicted molar refractivity (Wildman–Crippen MR) is 109 cm³/mol. The van der Waals surface area contributed by atoms with E-state index >= 15 is 0 Å². The molecule has 0 spiro atoms. The van der Waals surface area contributed by atoms with E-state index in [1.54, 1.807) is 45.4 Å². The molecule has 0 aliphatic heterocycles. The van der Waals surface area contributed by atoms with Crippen molar-refractivity contribution in [3.05, 3.63) is 65.6 Å². The van der Waals surface area contributed by atoms with Gasteiger partial charge in [0.15, 0.2) is 0 Å². The summed E-state index contributed by atoms with van der Waals surface area (Å²) in [7, 11) is 3.17. The van der Waals surface area contributed by atoms with E-state index in [1.165, 1.54) is 0 Å². The van der Waals surface area contributed by atoms with Gasteiger partial charge >= 0.3 is 0 Å². The molecule has 0 atom stereocenters. The maximum Gasteiger partial charge on any atom is 0.274 e. The maximum absolute atomic E-state index is 12.6. The monoisotopic (exact) mass is 378 g/mol. The van der Waals surface area contributed by atoms with Crippen molar-refractivity contribution in [2.45, 2.75) is 13.8 Å². The third-order valence-electron chi connectivity index (χ3n) is 4.05. The van der Waals surface area contributed by atoms with Crippen LogP contribution in [0, 0.1) is 13.8 Å². The van der Waals surface area contributed by atoms with E-state index in [-0.39, 0.29) is 11.6 Å². The lowest BCUT2D eigenvalue weighted by molar-refractivity contribution is 0.102. The number of amides is 1. The Labute approximate surface area is 163 Å². The molecule has 1 aromatic heterocycles. The Bertz CT molecular complexity index is 987. The second-order valence-electron chi connectivity index (χ2n) is 6.20. The summed E-state index contributed by atoms with van der Waals surface area (Å²) in [4.78, 5) is 21.2. The highest BCUT2D eigenvalue weighted by Crippen LogP contribution is 2.31. The molecule has 0 unspecified atom stereocenters. The molecule has 0 aliphatic rings. The average molecular weight is 378 g/mol. The first-order valence-electron chi connectivity index (χ1n) is 8.71. The van der Waals surface area contributed by atoms with Crippen LogP contribution < -0.4 is 20.1 Å². The van der Waals surface area contributed by atoms with Crippen molar-refractivity contribution in [3.8, 4) is 11.5 Å². The van der Waals surface area contributed by atoms with Gasteiger partial charge in [0.1, 0.15) is 28.8 Å². The topological polar surface area (TPSA) is 85.4 Å². The largest absolute Gasteiger partial charge is 0.497 e. The number of aryl methyl sites for hydroxylation is 2. The van der Waals surface area contributed by atoms with Crippen LogP contribution in [0.15, 0.2) is 48.5 Å². The molecule has 28 heavy (non-hydrogen) atoms. The van der Waals surface area contributed by atoms with Crippen molar-refractivity contribution in [2.75, 3.05) is 24.9 Å². The molecule has 144 valence electrons. The summed E-state index contributed by atoms with van der Waals surface area (Å²) >= 11 is 0. The average Bonchev–Trinajstić information content (AvgIpc) is 2.69. The molecule has 2 aromatic carbocycles. The van der Waals surface area contributed by atoms with Gasteiger partial charge in [-0.3, -0.25) is 4.79 Å². The van der Waals surface area contributed by atoms with E-state index in [2.05, 4.69) is 20.6 Å². The first kappa shape index (κ1) is 19.2. The van der Waals surface area contributed by atoms with E-state index in [4.69, 9.17) is 9.47 Å². The lowest BCUT2D eigenvalue weighted by atomic mass is 10.2. The van der Waals surface area contributed by atoms with Crippen LogP contribution in [-0.2, 0) is 0 Å². The second-order valence-corrected chi connectivity index (χ2v) is 6.20. The van der Waals surface area contributed by atoms with E-state index in [1.807, 2.05) is 31.2 Å². The number of carbonyl (C=O) groups excluding carboxylic acids is 1. The molecule has 1 heterocycles. The highest BCUT2D eigenvalue weighted by atomic mass is 16.5. The number of aromatic nitrogens is 2. The number of methoxy groups -OCH3 is 2. The molecule has 7 nitrogen and oxygen atoms in total. The van der Waals surface area contributed by atoms with Crippen LogP contribution in [0.3, 0.4) is 0 Å². The molecule has 2 N–H and O–H groups in total. The minimum absolute atomic E-state index is 0.262. The van der Waals surface area contributed by atoms with Crippen molar-refractivity contribution in [2.24, 2.45) is 0 Å². The summed E-state index contributed by atoms with van der Waals surface area (Å²) in [6.45, 7) is 3.72. The fourth-order valence-electron chi connectivity index (χ4n) is 2.63. The fourth-order valence-corrected chi connectivity index (χ4v) is 2.63. The third kappa shape index (κ3) is 4.56. The molecule has 0 radical (unpaired) electrons. The molecule has 7 heteroatoms. The SMILES string of the molecule is COc1ccc(OC)c(Nc2cc(C(=O)Nc3ccc(C)cc3)nc(C)n2)c1. The Kier molecular flexibility index (Phi) is 5.74. The zero-order valence-electron chi connectivity index (χ0n) is 16.2. The standard InChI is InChI=1S/C21H22N4O3/c1-13-5-7-15(8-6-13)24-21(26)18-12-20(23-14(2)22-18)25-17-11-16(27-3)9-10-19(17)28-4/h5-12H,1-4H3,(H,24,26)(H,22,23,25). The first-order chi connectivity index (χ1) is 13.5. The second kappa shape index (κ2) is 8.39. The van der Waals surface area contributed by atoms with Crippen molar-refractivity contribution < 1.29 is 14.3 Å². The van der Waals surface area contributed by atoms with E-state index in [9.17, 15) is 4.79 Å². The van der Waals surface area contributed by atoms with E-state index in [0.29, 0.717) is 34.5 Å². The number of hydrogen-bond acceptors (Lipinski definition) is 6. The number of nitrogens with one attached hydrogen (secondary N) is 2. The molecular formula is C21H22N4O3. The predicted octanol–water partition coefficient (Wildman–Crippen LogP) is 4.11. The Morgan fingerprint density at radius 3 is 2.36 bits per heavy atom. The minimum atomic E-state index is -0.310. The first-order valence-corrected chi connectivity index (χ1v) is 8.71. The summed E-state index contributed by atoms with van der Waals surface area (Å²) in [5, 5.41) is 6.01. The van der Waals surface area contributed by atoms with Gasteiger partial charge in [-0.2, -0.15) is 0 Å². The summed E-state index contributed by atoms with van der Waals surface area (Å²) < 4.78 is 10.6. The summed E-state index contributed by atoms with van der Waals surface area (Å²) in [6, 6.07) is 14.5.